The fraction of sp³-hybridized carbons (Fsp3) is 0.857. The molecule has 0 heterocycles. The van der Waals surface area contributed by atoms with Crippen LogP contribution in [0.25, 0.3) is 0 Å². The third-order valence-electron chi connectivity index (χ3n) is 1.63. The van der Waals surface area contributed by atoms with Gasteiger partial charge in [0.15, 0.2) is 0 Å². The minimum absolute atomic E-state index is 0.0953. The fourth-order valence-electron chi connectivity index (χ4n) is 0.998. The zero-order chi connectivity index (χ0) is 13.0. The standard InChI is InChI=1S/C7H17N3O4S2/c1-6(5-7(8)9)10-16(13,14)4-3-15(2,11)12/h6,10H,3-5H2,1-2H3,(H3,8,9). The van der Waals surface area contributed by atoms with E-state index < -0.39 is 37.4 Å². The van der Waals surface area contributed by atoms with Crippen LogP contribution in [0.2, 0.25) is 0 Å². The topological polar surface area (TPSA) is 130 Å². The normalized spacial score (nSPS) is 14.6. The van der Waals surface area contributed by atoms with E-state index in [9.17, 15) is 16.8 Å². The molecule has 9 heteroatoms. The van der Waals surface area contributed by atoms with Gasteiger partial charge in [-0.3, -0.25) is 5.41 Å². The second-order valence-electron chi connectivity index (χ2n) is 3.70. The van der Waals surface area contributed by atoms with Crippen LogP contribution >= 0.6 is 0 Å². The summed E-state index contributed by atoms with van der Waals surface area (Å²) in [4.78, 5) is 0. The van der Waals surface area contributed by atoms with Gasteiger partial charge in [0.2, 0.25) is 10.0 Å². The average molecular weight is 271 g/mol. The van der Waals surface area contributed by atoms with Gasteiger partial charge in [-0.05, 0) is 6.92 Å². The summed E-state index contributed by atoms with van der Waals surface area (Å²) >= 11 is 0. The lowest BCUT2D eigenvalue weighted by Gasteiger charge is -2.12. The van der Waals surface area contributed by atoms with Crippen LogP contribution in [0, 0.1) is 5.41 Å². The van der Waals surface area contributed by atoms with E-state index in [2.05, 4.69) is 4.72 Å². The molecule has 0 aromatic rings. The van der Waals surface area contributed by atoms with Crippen molar-refractivity contribution in [1.82, 2.24) is 4.72 Å². The number of nitrogens with two attached hydrogens (primary N) is 1. The molecule has 7 nitrogen and oxygen atoms in total. The van der Waals surface area contributed by atoms with Crippen LogP contribution in [0.5, 0.6) is 0 Å². The third kappa shape index (κ3) is 8.62. The number of nitrogens with one attached hydrogen (secondary N) is 2. The van der Waals surface area contributed by atoms with Gasteiger partial charge >= 0.3 is 0 Å². The van der Waals surface area contributed by atoms with Crippen molar-refractivity contribution in [2.24, 2.45) is 5.73 Å². The van der Waals surface area contributed by atoms with Crippen LogP contribution in [-0.4, -0.2) is 46.5 Å². The van der Waals surface area contributed by atoms with E-state index in [1.54, 1.807) is 6.92 Å². The molecule has 1 unspecified atom stereocenters. The van der Waals surface area contributed by atoms with Gasteiger partial charge in [-0.15, -0.1) is 0 Å². The summed E-state index contributed by atoms with van der Waals surface area (Å²) in [6.07, 6.45) is 1.07. The number of sulfonamides is 1. The zero-order valence-corrected chi connectivity index (χ0v) is 10.9. The monoisotopic (exact) mass is 271 g/mol. The Bertz CT molecular complexity index is 440. The van der Waals surface area contributed by atoms with E-state index in [1.165, 1.54) is 0 Å². The van der Waals surface area contributed by atoms with E-state index in [1.807, 2.05) is 0 Å². The fourth-order valence-corrected chi connectivity index (χ4v) is 3.90. The van der Waals surface area contributed by atoms with Crippen LogP contribution in [0.4, 0.5) is 0 Å². The highest BCUT2D eigenvalue weighted by molar-refractivity contribution is 7.93. The predicted octanol–water partition coefficient (Wildman–Crippen LogP) is -1.34. The molecule has 0 saturated carbocycles. The lowest BCUT2D eigenvalue weighted by atomic mass is 10.2. The van der Waals surface area contributed by atoms with Crippen LogP contribution < -0.4 is 10.5 Å². The smallest absolute Gasteiger partial charge is 0.212 e. The Morgan fingerprint density at radius 2 is 1.81 bits per heavy atom. The lowest BCUT2D eigenvalue weighted by Crippen LogP contribution is -2.38. The Morgan fingerprint density at radius 3 is 2.19 bits per heavy atom. The van der Waals surface area contributed by atoms with E-state index in [0.717, 1.165) is 6.26 Å². The van der Waals surface area contributed by atoms with E-state index in [-0.39, 0.29) is 12.3 Å². The minimum atomic E-state index is -3.64. The molecule has 0 aromatic carbocycles. The summed E-state index contributed by atoms with van der Waals surface area (Å²) in [5, 5.41) is 6.98. The van der Waals surface area contributed by atoms with E-state index in [0.29, 0.717) is 0 Å². The molecule has 0 fully saturated rings. The average Bonchev–Trinajstić information content (AvgIpc) is 1.96. The van der Waals surface area contributed by atoms with E-state index in [4.69, 9.17) is 11.1 Å². The van der Waals surface area contributed by atoms with Crippen molar-refractivity contribution in [1.29, 1.82) is 5.41 Å². The Morgan fingerprint density at radius 1 is 1.31 bits per heavy atom. The van der Waals surface area contributed by atoms with Gasteiger partial charge in [-0.2, -0.15) is 0 Å². The van der Waals surface area contributed by atoms with Gasteiger partial charge in [0.05, 0.1) is 17.3 Å². The summed E-state index contributed by atoms with van der Waals surface area (Å²) in [5.41, 5.74) is 5.11. The summed E-state index contributed by atoms with van der Waals surface area (Å²) in [6, 6.07) is -0.512. The molecule has 1 atom stereocenters. The van der Waals surface area contributed by atoms with Gasteiger partial charge in [0, 0.05) is 18.7 Å². The molecular formula is C7H17N3O4S2. The molecule has 0 aliphatic rings. The highest BCUT2D eigenvalue weighted by Crippen LogP contribution is 1.96. The molecule has 16 heavy (non-hydrogen) atoms. The molecule has 0 aliphatic heterocycles. The summed E-state index contributed by atoms with van der Waals surface area (Å²) < 4.78 is 46.6. The first kappa shape index (κ1) is 15.3. The largest absolute Gasteiger partial charge is 0.388 e. The molecule has 96 valence electrons. The number of sulfone groups is 1. The molecular weight excluding hydrogens is 254 g/mol. The van der Waals surface area contributed by atoms with Crippen molar-refractivity contribution in [3.8, 4) is 0 Å². The van der Waals surface area contributed by atoms with Crippen molar-refractivity contribution in [3.63, 3.8) is 0 Å². The van der Waals surface area contributed by atoms with Crippen molar-refractivity contribution < 1.29 is 16.8 Å². The number of hydrogen-bond acceptors (Lipinski definition) is 5. The van der Waals surface area contributed by atoms with Crippen LogP contribution in [0.3, 0.4) is 0 Å². The van der Waals surface area contributed by atoms with E-state index >= 15 is 0 Å². The summed E-state index contributed by atoms with van der Waals surface area (Å²) in [7, 11) is -6.94. The molecule has 0 rings (SSSR count). The third-order valence-corrected chi connectivity index (χ3v) is 4.34. The molecule has 0 aromatic heterocycles. The van der Waals surface area contributed by atoms with Crippen LogP contribution in [-0.2, 0) is 19.9 Å². The van der Waals surface area contributed by atoms with Crippen LogP contribution in [0.1, 0.15) is 13.3 Å². The highest BCUT2D eigenvalue weighted by atomic mass is 32.2. The maximum atomic E-state index is 11.4. The Hall–Kier alpha value is -0.670. The zero-order valence-electron chi connectivity index (χ0n) is 9.23. The summed E-state index contributed by atoms with van der Waals surface area (Å²) in [5.74, 6) is -1.03. The first-order valence-electron chi connectivity index (χ1n) is 4.52. The molecule has 0 amide bonds. The molecule has 4 N–H and O–H groups in total. The molecule has 0 radical (unpaired) electrons. The molecule has 0 spiro atoms. The van der Waals surface area contributed by atoms with Crippen LogP contribution in [0.15, 0.2) is 0 Å². The first-order chi connectivity index (χ1) is 7.02. The lowest BCUT2D eigenvalue weighted by molar-refractivity contribution is 0.563. The number of hydrogen-bond donors (Lipinski definition) is 3. The SMILES string of the molecule is CC(CC(=N)N)NS(=O)(=O)CCS(C)(=O)=O. The Kier molecular flexibility index (Phi) is 5.36. The predicted molar refractivity (Wildman–Crippen MR) is 62.6 cm³/mol. The van der Waals surface area contributed by atoms with Crippen molar-refractivity contribution in [2.75, 3.05) is 17.8 Å². The highest BCUT2D eigenvalue weighted by Gasteiger charge is 2.17. The maximum absolute atomic E-state index is 11.4. The second kappa shape index (κ2) is 5.60. The van der Waals surface area contributed by atoms with Gasteiger partial charge in [-0.1, -0.05) is 0 Å². The minimum Gasteiger partial charge on any atom is -0.388 e. The van der Waals surface area contributed by atoms with Gasteiger partial charge in [-0.25, -0.2) is 21.6 Å². The maximum Gasteiger partial charge on any atom is 0.212 e. The van der Waals surface area contributed by atoms with Crippen molar-refractivity contribution in [2.45, 2.75) is 19.4 Å². The van der Waals surface area contributed by atoms with Gasteiger partial charge in [0.25, 0.3) is 0 Å². The quantitative estimate of drug-likeness (QED) is 0.390. The Balaban J connectivity index is 4.31. The second-order valence-corrected chi connectivity index (χ2v) is 7.83. The van der Waals surface area contributed by atoms with Gasteiger partial charge < -0.3 is 5.73 Å². The Labute approximate surface area is 95.9 Å². The van der Waals surface area contributed by atoms with Gasteiger partial charge in [0.1, 0.15) is 9.84 Å². The number of rotatable bonds is 7. The molecule has 0 bridgehead atoms. The van der Waals surface area contributed by atoms with Crippen molar-refractivity contribution in [3.05, 3.63) is 0 Å². The van der Waals surface area contributed by atoms with Crippen molar-refractivity contribution >= 4 is 25.7 Å². The summed E-state index contributed by atoms with van der Waals surface area (Å²) in [6.45, 7) is 1.55. The first-order valence-corrected chi connectivity index (χ1v) is 8.24. The molecule has 0 aliphatic carbocycles. The number of amidine groups is 1. The molecule has 0 saturated heterocycles.